The summed E-state index contributed by atoms with van der Waals surface area (Å²) in [6.45, 7) is 1.19. The maximum atomic E-state index is 11.1. The molecule has 0 radical (unpaired) electrons. The lowest BCUT2D eigenvalue weighted by atomic mass is 10.1. The molecule has 2 aromatic carbocycles. The molecule has 0 fully saturated rings. The predicted octanol–water partition coefficient (Wildman–Crippen LogP) is 1.16. The number of nitrogens with zero attached hydrogens (tertiary/aromatic N) is 1. The van der Waals surface area contributed by atoms with Crippen molar-refractivity contribution in [3.8, 4) is 5.75 Å². The number of benzene rings is 2. The number of aliphatic imine (C=N–C) groups is 1. The van der Waals surface area contributed by atoms with E-state index in [2.05, 4.69) is 10.3 Å². The summed E-state index contributed by atoms with van der Waals surface area (Å²) in [7, 11) is -2.11. The molecule has 2 atom stereocenters. The molecule has 0 aliphatic heterocycles. The summed E-state index contributed by atoms with van der Waals surface area (Å²) in [4.78, 5) is 24.9. The van der Waals surface area contributed by atoms with Crippen molar-refractivity contribution < 1.29 is 37.1 Å². The summed E-state index contributed by atoms with van der Waals surface area (Å²) in [5, 5.41) is 20.7. The first-order chi connectivity index (χ1) is 18.8. The number of carbonyl (C=O) groups is 2. The maximum absolute atomic E-state index is 11.1. The second-order valence-corrected chi connectivity index (χ2v) is 10.4. The van der Waals surface area contributed by atoms with Gasteiger partial charge in [-0.2, -0.15) is 8.42 Å². The van der Waals surface area contributed by atoms with E-state index in [1.54, 1.807) is 12.1 Å². The summed E-state index contributed by atoms with van der Waals surface area (Å²) in [6, 6.07) is 13.8. The SMILES string of the molecule is CO[C@@H](Cc1ccc(NCCCc2ccc(OS(C)(=O)=O)cc2)cc1)C(=O)O.NC(N)=NCCC[C@H](N)C(=O)O. The number of rotatable bonds is 16. The molecule has 2 rings (SSSR count). The first-order valence-electron chi connectivity index (χ1n) is 12.4. The van der Waals surface area contributed by atoms with Crippen molar-refractivity contribution in [3.05, 3.63) is 59.7 Å². The van der Waals surface area contributed by atoms with Crippen molar-refractivity contribution in [3.63, 3.8) is 0 Å². The average Bonchev–Trinajstić information content (AvgIpc) is 2.88. The van der Waals surface area contributed by atoms with Gasteiger partial charge in [0.15, 0.2) is 12.1 Å². The number of nitrogens with one attached hydrogen (secondary N) is 1. The largest absolute Gasteiger partial charge is 0.480 e. The van der Waals surface area contributed by atoms with Gasteiger partial charge in [0.25, 0.3) is 0 Å². The zero-order chi connectivity index (χ0) is 30.1. The number of guanidine groups is 1. The van der Waals surface area contributed by atoms with E-state index in [4.69, 9.17) is 36.3 Å². The number of aryl methyl sites for hydroxylation is 1. The minimum Gasteiger partial charge on any atom is -0.480 e. The van der Waals surface area contributed by atoms with E-state index in [0.29, 0.717) is 31.6 Å². The third-order valence-electron chi connectivity index (χ3n) is 5.36. The molecular formula is C26H39N5O8S. The molecule has 40 heavy (non-hydrogen) atoms. The smallest absolute Gasteiger partial charge is 0.333 e. The topological polar surface area (TPSA) is 230 Å². The van der Waals surface area contributed by atoms with Gasteiger partial charge in [-0.25, -0.2) is 4.79 Å². The van der Waals surface area contributed by atoms with Crippen LogP contribution in [0.25, 0.3) is 0 Å². The first-order valence-corrected chi connectivity index (χ1v) is 14.2. The van der Waals surface area contributed by atoms with E-state index in [9.17, 15) is 18.0 Å². The van der Waals surface area contributed by atoms with E-state index in [0.717, 1.165) is 42.5 Å². The molecule has 222 valence electrons. The molecule has 0 amide bonds. The average molecular weight is 582 g/mol. The highest BCUT2D eigenvalue weighted by Gasteiger charge is 2.16. The van der Waals surface area contributed by atoms with Crippen molar-refractivity contribution in [2.24, 2.45) is 22.2 Å². The van der Waals surface area contributed by atoms with Crippen LogP contribution in [0, 0.1) is 0 Å². The fourth-order valence-electron chi connectivity index (χ4n) is 3.30. The summed E-state index contributed by atoms with van der Waals surface area (Å²) in [5.74, 6) is -1.65. The van der Waals surface area contributed by atoms with Crippen LogP contribution in [0.5, 0.6) is 5.75 Å². The molecule has 0 aliphatic rings. The number of anilines is 1. The van der Waals surface area contributed by atoms with Gasteiger partial charge in [-0.15, -0.1) is 0 Å². The van der Waals surface area contributed by atoms with Crippen molar-refractivity contribution in [2.75, 3.05) is 31.8 Å². The molecule has 0 saturated heterocycles. The molecule has 0 aromatic heterocycles. The highest BCUT2D eigenvalue weighted by atomic mass is 32.2. The van der Waals surface area contributed by atoms with Gasteiger partial charge >= 0.3 is 22.1 Å². The van der Waals surface area contributed by atoms with E-state index < -0.39 is 34.2 Å². The quantitative estimate of drug-likeness (QED) is 0.0710. The maximum Gasteiger partial charge on any atom is 0.333 e. The molecule has 0 saturated carbocycles. The van der Waals surface area contributed by atoms with Gasteiger partial charge in [-0.1, -0.05) is 24.3 Å². The Morgan fingerprint density at radius 3 is 2.08 bits per heavy atom. The number of nitrogens with two attached hydrogens (primary N) is 3. The van der Waals surface area contributed by atoms with Gasteiger partial charge < -0.3 is 41.7 Å². The Labute approximate surface area is 234 Å². The monoisotopic (exact) mass is 581 g/mol. The molecule has 2 aromatic rings. The standard InChI is InChI=1S/C20H25NO6S.C6H14N4O2/c1-26-19(20(22)23)14-16-5-9-17(10-6-16)21-13-3-4-15-7-11-18(12-8-15)27-28(2,24)25;7-4(5(11)12)2-1-3-10-6(8)9/h5-12,19,21H,3-4,13-14H2,1-2H3,(H,22,23);4H,1-3,7H2,(H,11,12)(H4,8,9,10)/t19-;4-/m00/s1. The van der Waals surface area contributed by atoms with Crippen molar-refractivity contribution in [1.29, 1.82) is 0 Å². The Kier molecular flexibility index (Phi) is 15.1. The van der Waals surface area contributed by atoms with Crippen molar-refractivity contribution in [1.82, 2.24) is 0 Å². The molecule has 0 aliphatic carbocycles. The van der Waals surface area contributed by atoms with Gasteiger partial charge in [0.1, 0.15) is 11.8 Å². The fourth-order valence-corrected chi connectivity index (χ4v) is 3.76. The molecule has 14 heteroatoms. The highest BCUT2D eigenvalue weighted by molar-refractivity contribution is 7.86. The molecular weight excluding hydrogens is 542 g/mol. The van der Waals surface area contributed by atoms with Crippen LogP contribution in [-0.2, 0) is 37.3 Å². The summed E-state index contributed by atoms with van der Waals surface area (Å²) >= 11 is 0. The number of ether oxygens (including phenoxy) is 1. The minimum absolute atomic E-state index is 0.0129. The summed E-state index contributed by atoms with van der Waals surface area (Å²) in [6.07, 6.45) is 3.20. The Bertz CT molecular complexity index is 1180. The van der Waals surface area contributed by atoms with E-state index in [1.165, 1.54) is 7.11 Å². The van der Waals surface area contributed by atoms with Crippen LogP contribution in [0.3, 0.4) is 0 Å². The zero-order valence-corrected chi connectivity index (χ0v) is 23.5. The number of hydrogen-bond acceptors (Lipinski definition) is 9. The molecule has 0 spiro atoms. The third-order valence-corrected chi connectivity index (χ3v) is 5.86. The van der Waals surface area contributed by atoms with Crippen LogP contribution in [-0.4, -0.2) is 75.1 Å². The number of methoxy groups -OCH3 is 1. The molecule has 0 heterocycles. The van der Waals surface area contributed by atoms with Gasteiger partial charge in [0.05, 0.1) is 6.26 Å². The normalized spacial score (nSPS) is 12.3. The second kappa shape index (κ2) is 17.7. The van der Waals surface area contributed by atoms with Gasteiger partial charge in [0.2, 0.25) is 0 Å². The van der Waals surface area contributed by atoms with Gasteiger partial charge in [-0.3, -0.25) is 9.79 Å². The molecule has 0 unspecified atom stereocenters. The minimum atomic E-state index is -3.50. The Morgan fingerprint density at radius 1 is 0.975 bits per heavy atom. The van der Waals surface area contributed by atoms with Crippen LogP contribution < -0.4 is 26.7 Å². The Morgan fingerprint density at radius 2 is 1.57 bits per heavy atom. The predicted molar refractivity (Wildman–Crippen MR) is 153 cm³/mol. The number of aliphatic carboxylic acids is 2. The lowest BCUT2D eigenvalue weighted by Gasteiger charge is -2.11. The lowest BCUT2D eigenvalue weighted by Crippen LogP contribution is -2.30. The number of hydrogen-bond donors (Lipinski definition) is 6. The summed E-state index contributed by atoms with van der Waals surface area (Å²) in [5.41, 5.74) is 18.3. The van der Waals surface area contributed by atoms with E-state index in [1.807, 2.05) is 36.4 Å². The van der Waals surface area contributed by atoms with Crippen LogP contribution in [0.2, 0.25) is 0 Å². The Hall–Kier alpha value is -3.88. The third kappa shape index (κ3) is 15.5. The van der Waals surface area contributed by atoms with Crippen molar-refractivity contribution in [2.45, 2.75) is 44.2 Å². The van der Waals surface area contributed by atoms with E-state index in [-0.39, 0.29) is 5.96 Å². The van der Waals surface area contributed by atoms with Gasteiger partial charge in [-0.05, 0) is 61.1 Å². The van der Waals surface area contributed by atoms with Crippen LogP contribution in [0.4, 0.5) is 5.69 Å². The summed E-state index contributed by atoms with van der Waals surface area (Å²) < 4.78 is 31.9. The first kappa shape index (κ1) is 34.1. The zero-order valence-electron chi connectivity index (χ0n) is 22.7. The fraction of sp³-hybridized carbons (Fsp3) is 0.423. The molecule has 9 N–H and O–H groups in total. The van der Waals surface area contributed by atoms with E-state index >= 15 is 0 Å². The van der Waals surface area contributed by atoms with Crippen LogP contribution >= 0.6 is 0 Å². The highest BCUT2D eigenvalue weighted by Crippen LogP contribution is 2.16. The molecule has 13 nitrogen and oxygen atoms in total. The van der Waals surface area contributed by atoms with Crippen LogP contribution in [0.15, 0.2) is 53.5 Å². The number of carboxylic acid groups (broad SMARTS) is 2. The Balaban J connectivity index is 0.000000562. The second-order valence-electron chi connectivity index (χ2n) is 8.82. The van der Waals surface area contributed by atoms with Crippen LogP contribution in [0.1, 0.15) is 30.4 Å². The van der Waals surface area contributed by atoms with Crippen molar-refractivity contribution >= 4 is 33.7 Å². The van der Waals surface area contributed by atoms with Gasteiger partial charge in [0, 0.05) is 32.3 Å². The number of carboxylic acids is 2. The lowest BCUT2D eigenvalue weighted by molar-refractivity contribution is -0.148. The molecule has 0 bridgehead atoms.